The van der Waals surface area contributed by atoms with Gasteiger partial charge in [0.25, 0.3) is 0 Å². The molecule has 0 aliphatic carbocycles. The SMILES string of the molecule is CCCC(=O)c1cc(Cl)cc(Br)c1. The smallest absolute Gasteiger partial charge is 0.162 e. The van der Waals surface area contributed by atoms with Gasteiger partial charge in [-0.3, -0.25) is 4.79 Å². The van der Waals surface area contributed by atoms with Crippen molar-refractivity contribution in [1.82, 2.24) is 0 Å². The van der Waals surface area contributed by atoms with Crippen molar-refractivity contribution in [1.29, 1.82) is 0 Å². The Hall–Kier alpha value is -0.340. The summed E-state index contributed by atoms with van der Waals surface area (Å²) in [5, 5.41) is 0.592. The van der Waals surface area contributed by atoms with Gasteiger partial charge in [-0.2, -0.15) is 0 Å². The van der Waals surface area contributed by atoms with E-state index in [9.17, 15) is 4.79 Å². The zero-order valence-corrected chi connectivity index (χ0v) is 9.65. The molecule has 0 radical (unpaired) electrons. The van der Waals surface area contributed by atoms with Crippen molar-refractivity contribution in [3.05, 3.63) is 33.3 Å². The minimum absolute atomic E-state index is 0.144. The molecule has 0 N–H and O–H groups in total. The molecular formula is C10H10BrClO. The summed E-state index contributed by atoms with van der Waals surface area (Å²) in [4.78, 5) is 11.5. The number of benzene rings is 1. The highest BCUT2D eigenvalue weighted by Crippen LogP contribution is 2.20. The highest BCUT2D eigenvalue weighted by atomic mass is 79.9. The molecule has 1 aromatic rings. The molecule has 1 nitrogen and oxygen atoms in total. The molecule has 0 aromatic heterocycles. The lowest BCUT2D eigenvalue weighted by molar-refractivity contribution is 0.0981. The lowest BCUT2D eigenvalue weighted by atomic mass is 10.1. The van der Waals surface area contributed by atoms with Crippen molar-refractivity contribution in [2.75, 3.05) is 0 Å². The number of ketones is 1. The molecule has 0 atom stereocenters. The first-order valence-electron chi connectivity index (χ1n) is 4.12. The minimum Gasteiger partial charge on any atom is -0.294 e. The van der Waals surface area contributed by atoms with Crippen molar-refractivity contribution < 1.29 is 4.79 Å². The van der Waals surface area contributed by atoms with Crippen LogP contribution in [0.2, 0.25) is 5.02 Å². The van der Waals surface area contributed by atoms with Crippen LogP contribution in [0.3, 0.4) is 0 Å². The van der Waals surface area contributed by atoms with E-state index in [1.54, 1.807) is 18.2 Å². The highest BCUT2D eigenvalue weighted by molar-refractivity contribution is 9.10. The lowest BCUT2D eigenvalue weighted by Crippen LogP contribution is -1.97. The second-order valence-corrected chi connectivity index (χ2v) is 4.18. The molecule has 0 saturated heterocycles. The predicted octanol–water partition coefficient (Wildman–Crippen LogP) is 4.09. The number of hydrogen-bond donors (Lipinski definition) is 0. The fraction of sp³-hybridized carbons (Fsp3) is 0.300. The Labute approximate surface area is 91.2 Å². The summed E-state index contributed by atoms with van der Waals surface area (Å²) in [5.41, 5.74) is 0.682. The van der Waals surface area contributed by atoms with Crippen LogP contribution in [0.4, 0.5) is 0 Å². The summed E-state index contributed by atoms with van der Waals surface area (Å²) in [6.45, 7) is 1.98. The predicted molar refractivity (Wildman–Crippen MR) is 58.4 cm³/mol. The number of Topliss-reactive ketones (excluding diaryl/α,β-unsaturated/α-hetero) is 1. The maximum atomic E-state index is 11.5. The second-order valence-electron chi connectivity index (χ2n) is 2.83. The van der Waals surface area contributed by atoms with Crippen LogP contribution in [0.1, 0.15) is 30.1 Å². The monoisotopic (exact) mass is 260 g/mol. The summed E-state index contributed by atoms with van der Waals surface area (Å²) in [6, 6.07) is 5.26. The van der Waals surface area contributed by atoms with Gasteiger partial charge < -0.3 is 0 Å². The van der Waals surface area contributed by atoms with Crippen LogP contribution in [0, 0.1) is 0 Å². The summed E-state index contributed by atoms with van der Waals surface area (Å²) in [5.74, 6) is 0.144. The van der Waals surface area contributed by atoms with E-state index >= 15 is 0 Å². The fourth-order valence-electron chi connectivity index (χ4n) is 1.09. The number of rotatable bonds is 3. The zero-order valence-electron chi connectivity index (χ0n) is 7.31. The Morgan fingerprint density at radius 2 is 2.15 bits per heavy atom. The van der Waals surface area contributed by atoms with Crippen LogP contribution < -0.4 is 0 Å². The molecule has 1 aromatic carbocycles. The van der Waals surface area contributed by atoms with E-state index in [1.807, 2.05) is 6.92 Å². The van der Waals surface area contributed by atoms with Gasteiger partial charge in [-0.15, -0.1) is 0 Å². The first kappa shape index (κ1) is 10.7. The first-order valence-corrected chi connectivity index (χ1v) is 5.30. The third kappa shape index (κ3) is 3.12. The molecule has 13 heavy (non-hydrogen) atoms. The Morgan fingerprint density at radius 3 is 2.69 bits per heavy atom. The highest BCUT2D eigenvalue weighted by Gasteiger charge is 2.05. The molecule has 0 amide bonds. The molecule has 0 unspecified atom stereocenters. The third-order valence-electron chi connectivity index (χ3n) is 1.66. The van der Waals surface area contributed by atoms with Gasteiger partial charge in [-0.05, 0) is 24.6 Å². The van der Waals surface area contributed by atoms with E-state index < -0.39 is 0 Å². The van der Waals surface area contributed by atoms with E-state index in [0.29, 0.717) is 17.0 Å². The van der Waals surface area contributed by atoms with Crippen LogP contribution in [-0.4, -0.2) is 5.78 Å². The van der Waals surface area contributed by atoms with Gasteiger partial charge in [0.2, 0.25) is 0 Å². The molecule has 1 rings (SSSR count). The van der Waals surface area contributed by atoms with Crippen molar-refractivity contribution in [3.63, 3.8) is 0 Å². The van der Waals surface area contributed by atoms with E-state index in [4.69, 9.17) is 11.6 Å². The van der Waals surface area contributed by atoms with Gasteiger partial charge >= 0.3 is 0 Å². The quantitative estimate of drug-likeness (QED) is 0.749. The van der Waals surface area contributed by atoms with Gasteiger partial charge in [0.1, 0.15) is 0 Å². The molecule has 0 saturated carbocycles. The van der Waals surface area contributed by atoms with E-state index in [1.165, 1.54) is 0 Å². The number of hydrogen-bond acceptors (Lipinski definition) is 1. The second kappa shape index (κ2) is 4.77. The molecule has 0 bridgehead atoms. The van der Waals surface area contributed by atoms with Crippen molar-refractivity contribution in [2.45, 2.75) is 19.8 Å². The topological polar surface area (TPSA) is 17.1 Å². The summed E-state index contributed by atoms with van der Waals surface area (Å²) in [7, 11) is 0. The molecule has 0 heterocycles. The van der Waals surface area contributed by atoms with E-state index in [-0.39, 0.29) is 5.78 Å². The van der Waals surface area contributed by atoms with Gasteiger partial charge in [-0.25, -0.2) is 0 Å². The van der Waals surface area contributed by atoms with Gasteiger partial charge in [0, 0.05) is 21.5 Å². The van der Waals surface area contributed by atoms with E-state index in [2.05, 4.69) is 15.9 Å². The van der Waals surface area contributed by atoms with Crippen LogP contribution >= 0.6 is 27.5 Å². The molecular weight excluding hydrogens is 251 g/mol. The number of carbonyl (C=O) groups excluding carboxylic acids is 1. The minimum atomic E-state index is 0.144. The zero-order chi connectivity index (χ0) is 9.84. The summed E-state index contributed by atoms with van der Waals surface area (Å²) >= 11 is 9.11. The van der Waals surface area contributed by atoms with E-state index in [0.717, 1.165) is 10.9 Å². The van der Waals surface area contributed by atoms with Crippen LogP contribution in [0.25, 0.3) is 0 Å². The fourth-order valence-corrected chi connectivity index (χ4v) is 1.95. The van der Waals surface area contributed by atoms with Crippen molar-refractivity contribution in [3.8, 4) is 0 Å². The van der Waals surface area contributed by atoms with Gasteiger partial charge in [-0.1, -0.05) is 34.5 Å². The van der Waals surface area contributed by atoms with Crippen LogP contribution in [0.15, 0.2) is 22.7 Å². The van der Waals surface area contributed by atoms with Gasteiger partial charge in [0.15, 0.2) is 5.78 Å². The maximum Gasteiger partial charge on any atom is 0.162 e. The van der Waals surface area contributed by atoms with Crippen molar-refractivity contribution >= 4 is 33.3 Å². The number of halogens is 2. The Morgan fingerprint density at radius 1 is 1.46 bits per heavy atom. The Balaban J connectivity index is 2.94. The summed E-state index contributed by atoms with van der Waals surface area (Å²) in [6.07, 6.45) is 1.44. The molecule has 3 heteroatoms. The molecule has 0 aliphatic rings. The first-order chi connectivity index (χ1) is 6.13. The van der Waals surface area contributed by atoms with Crippen molar-refractivity contribution in [2.24, 2.45) is 0 Å². The normalized spacial score (nSPS) is 10.1. The third-order valence-corrected chi connectivity index (χ3v) is 2.34. The largest absolute Gasteiger partial charge is 0.294 e. The Bertz CT molecular complexity index is 302. The van der Waals surface area contributed by atoms with Crippen LogP contribution in [0.5, 0.6) is 0 Å². The molecule has 0 fully saturated rings. The molecule has 0 aliphatic heterocycles. The number of carbonyl (C=O) groups is 1. The van der Waals surface area contributed by atoms with Gasteiger partial charge in [0.05, 0.1) is 0 Å². The lowest BCUT2D eigenvalue weighted by Gasteiger charge is -2.00. The molecule has 70 valence electrons. The van der Waals surface area contributed by atoms with Crippen LogP contribution in [-0.2, 0) is 0 Å². The average Bonchev–Trinajstić information content (AvgIpc) is 2.03. The molecule has 0 spiro atoms. The Kier molecular flexibility index (Phi) is 3.94. The summed E-state index contributed by atoms with van der Waals surface area (Å²) < 4.78 is 0.847. The standard InChI is InChI=1S/C10H10BrClO/c1-2-3-10(13)7-4-8(11)6-9(12)5-7/h4-6H,2-3H2,1H3. The average molecular weight is 262 g/mol. The maximum absolute atomic E-state index is 11.5.